The van der Waals surface area contributed by atoms with Gasteiger partial charge in [-0.15, -0.1) is 0 Å². The van der Waals surface area contributed by atoms with Crippen LogP contribution in [-0.4, -0.2) is 47.1 Å². The van der Waals surface area contributed by atoms with E-state index < -0.39 is 11.7 Å². The van der Waals surface area contributed by atoms with Crippen LogP contribution < -0.4 is 10.2 Å². The first-order chi connectivity index (χ1) is 12.3. The SMILES string of the molecule is Cc1cc(N2C[C@@H]3C[C@H]2CN3C)ccc1Nc1ncc(C(F)(F)F)cn1. The summed E-state index contributed by atoms with van der Waals surface area (Å²) in [5.74, 6) is 0.149. The highest BCUT2D eigenvalue weighted by Crippen LogP contribution is 2.35. The summed E-state index contributed by atoms with van der Waals surface area (Å²) in [5.41, 5.74) is 2.11. The molecule has 3 heterocycles. The van der Waals surface area contributed by atoms with Crippen molar-refractivity contribution in [3.8, 4) is 0 Å². The Labute approximate surface area is 149 Å². The summed E-state index contributed by atoms with van der Waals surface area (Å²) in [4.78, 5) is 12.4. The fourth-order valence-electron chi connectivity index (χ4n) is 3.81. The number of piperazine rings is 1. The van der Waals surface area contributed by atoms with E-state index in [2.05, 4.69) is 38.2 Å². The Morgan fingerprint density at radius 2 is 1.85 bits per heavy atom. The largest absolute Gasteiger partial charge is 0.419 e. The Hall–Kier alpha value is -2.35. The van der Waals surface area contributed by atoms with E-state index in [-0.39, 0.29) is 5.95 Å². The lowest BCUT2D eigenvalue weighted by Gasteiger charge is -2.34. The lowest BCUT2D eigenvalue weighted by atomic mass is 10.1. The van der Waals surface area contributed by atoms with Gasteiger partial charge in [0.1, 0.15) is 0 Å². The number of nitrogens with zero attached hydrogens (tertiary/aromatic N) is 4. The van der Waals surface area contributed by atoms with Gasteiger partial charge in [0, 0.05) is 48.9 Å². The molecule has 2 aliphatic rings. The van der Waals surface area contributed by atoms with E-state index >= 15 is 0 Å². The normalized spacial score (nSPS) is 22.9. The van der Waals surface area contributed by atoms with Gasteiger partial charge in [0.25, 0.3) is 0 Å². The second kappa shape index (κ2) is 6.12. The Morgan fingerprint density at radius 3 is 2.38 bits per heavy atom. The summed E-state index contributed by atoms with van der Waals surface area (Å²) >= 11 is 0. The molecule has 0 unspecified atom stereocenters. The van der Waals surface area contributed by atoms with Crippen molar-refractivity contribution in [3.63, 3.8) is 0 Å². The molecule has 8 heteroatoms. The van der Waals surface area contributed by atoms with E-state index in [1.807, 2.05) is 19.1 Å². The van der Waals surface area contributed by atoms with Crippen molar-refractivity contribution < 1.29 is 13.2 Å². The van der Waals surface area contributed by atoms with Gasteiger partial charge in [0.2, 0.25) is 5.95 Å². The summed E-state index contributed by atoms with van der Waals surface area (Å²) in [6, 6.07) is 7.26. The fraction of sp³-hybridized carbons (Fsp3) is 0.444. The second-order valence-electron chi connectivity index (χ2n) is 7.05. The van der Waals surface area contributed by atoms with Crippen molar-refractivity contribution in [2.45, 2.75) is 31.6 Å². The zero-order chi connectivity index (χ0) is 18.5. The summed E-state index contributed by atoms with van der Waals surface area (Å²) in [7, 11) is 2.17. The highest BCUT2D eigenvalue weighted by Gasteiger charge is 2.41. The topological polar surface area (TPSA) is 44.3 Å². The zero-order valence-electron chi connectivity index (χ0n) is 14.6. The number of alkyl halides is 3. The number of aryl methyl sites for hydroxylation is 1. The van der Waals surface area contributed by atoms with E-state index in [1.54, 1.807) is 0 Å². The Bertz CT molecular complexity index is 803. The van der Waals surface area contributed by atoms with Crippen LogP contribution in [0, 0.1) is 6.92 Å². The Morgan fingerprint density at radius 1 is 1.12 bits per heavy atom. The molecule has 2 aliphatic heterocycles. The van der Waals surface area contributed by atoms with Gasteiger partial charge in [-0.1, -0.05) is 0 Å². The molecule has 0 amide bonds. The molecule has 4 rings (SSSR count). The number of likely N-dealkylation sites (tertiary alicyclic amines) is 1. The summed E-state index contributed by atoms with van der Waals surface area (Å²) < 4.78 is 37.7. The standard InChI is InChI=1S/C18H20F3N5/c1-11-5-13(26-10-14-6-15(26)9-25(14)2)3-4-16(11)24-17-22-7-12(8-23-17)18(19,20)21/h3-5,7-8,14-15H,6,9-10H2,1-2H3,(H,22,23,24)/t14-,15-/m0/s1. The van der Waals surface area contributed by atoms with Gasteiger partial charge < -0.3 is 10.2 Å². The first-order valence-electron chi connectivity index (χ1n) is 8.55. The van der Waals surface area contributed by atoms with Gasteiger partial charge in [0.15, 0.2) is 0 Å². The molecular weight excluding hydrogens is 343 g/mol. The average molecular weight is 363 g/mol. The number of rotatable bonds is 3. The molecule has 0 aliphatic carbocycles. The van der Waals surface area contributed by atoms with Crippen molar-refractivity contribution in [1.82, 2.24) is 14.9 Å². The number of halogens is 3. The molecule has 26 heavy (non-hydrogen) atoms. The molecule has 5 nitrogen and oxygen atoms in total. The number of likely N-dealkylation sites (N-methyl/N-ethyl adjacent to an activating group) is 1. The van der Waals surface area contributed by atoms with Crippen LogP contribution in [0.25, 0.3) is 0 Å². The molecular formula is C18H20F3N5. The Kier molecular flexibility index (Phi) is 4.02. The minimum Gasteiger partial charge on any atom is -0.366 e. The lowest BCUT2D eigenvalue weighted by molar-refractivity contribution is -0.138. The van der Waals surface area contributed by atoms with Crippen LogP contribution in [0.2, 0.25) is 0 Å². The third-order valence-corrected chi connectivity index (χ3v) is 5.28. The molecule has 2 atom stereocenters. The van der Waals surface area contributed by atoms with Gasteiger partial charge >= 0.3 is 6.18 Å². The number of hydrogen-bond acceptors (Lipinski definition) is 5. The van der Waals surface area contributed by atoms with Crippen molar-refractivity contribution in [2.24, 2.45) is 0 Å². The van der Waals surface area contributed by atoms with Gasteiger partial charge in [-0.05, 0) is 44.2 Å². The minimum atomic E-state index is -4.43. The first-order valence-corrected chi connectivity index (χ1v) is 8.55. The molecule has 138 valence electrons. The highest BCUT2D eigenvalue weighted by atomic mass is 19.4. The molecule has 2 aromatic rings. The van der Waals surface area contributed by atoms with E-state index in [4.69, 9.17) is 0 Å². The minimum absolute atomic E-state index is 0.149. The van der Waals surface area contributed by atoms with Gasteiger partial charge in [-0.2, -0.15) is 13.2 Å². The van der Waals surface area contributed by atoms with Crippen LogP contribution in [-0.2, 0) is 6.18 Å². The van der Waals surface area contributed by atoms with E-state index in [9.17, 15) is 13.2 Å². The maximum atomic E-state index is 12.6. The molecule has 1 N–H and O–H groups in total. The van der Waals surface area contributed by atoms with Crippen LogP contribution in [0.15, 0.2) is 30.6 Å². The average Bonchev–Trinajstić information content (AvgIpc) is 3.16. The van der Waals surface area contributed by atoms with Crippen molar-refractivity contribution in [3.05, 3.63) is 41.7 Å². The fourth-order valence-corrected chi connectivity index (χ4v) is 3.81. The molecule has 2 saturated heterocycles. The van der Waals surface area contributed by atoms with Crippen molar-refractivity contribution >= 4 is 17.3 Å². The number of benzene rings is 1. The third-order valence-electron chi connectivity index (χ3n) is 5.28. The van der Waals surface area contributed by atoms with Crippen LogP contribution in [0.4, 0.5) is 30.5 Å². The maximum Gasteiger partial charge on any atom is 0.419 e. The quantitative estimate of drug-likeness (QED) is 0.905. The highest BCUT2D eigenvalue weighted by molar-refractivity contribution is 5.64. The smallest absolute Gasteiger partial charge is 0.366 e. The maximum absolute atomic E-state index is 12.6. The molecule has 0 saturated carbocycles. The number of nitrogens with one attached hydrogen (secondary N) is 1. The summed E-state index contributed by atoms with van der Waals surface area (Å²) in [6.45, 7) is 4.09. The van der Waals surface area contributed by atoms with Crippen LogP contribution in [0.5, 0.6) is 0 Å². The van der Waals surface area contributed by atoms with Crippen LogP contribution in [0.3, 0.4) is 0 Å². The van der Waals surface area contributed by atoms with Gasteiger partial charge in [-0.25, -0.2) is 9.97 Å². The predicted molar refractivity (Wildman–Crippen MR) is 93.7 cm³/mol. The first kappa shape index (κ1) is 17.1. The summed E-state index contributed by atoms with van der Waals surface area (Å²) in [6.07, 6.45) is -1.65. The number of fused-ring (bicyclic) bond motifs is 2. The number of aromatic nitrogens is 2. The van der Waals surface area contributed by atoms with Gasteiger partial charge in [-0.3, -0.25) is 4.90 Å². The molecule has 1 aromatic carbocycles. The molecule has 0 radical (unpaired) electrons. The van der Waals surface area contributed by atoms with Gasteiger partial charge in [0.05, 0.1) is 5.56 Å². The number of hydrogen-bond donors (Lipinski definition) is 1. The molecule has 1 aromatic heterocycles. The van der Waals surface area contributed by atoms with E-state index in [0.717, 1.165) is 36.7 Å². The molecule has 2 bridgehead atoms. The third kappa shape index (κ3) is 3.09. The van der Waals surface area contributed by atoms with E-state index in [0.29, 0.717) is 12.1 Å². The second-order valence-corrected chi connectivity index (χ2v) is 7.05. The van der Waals surface area contributed by atoms with Crippen LogP contribution in [0.1, 0.15) is 17.5 Å². The lowest BCUT2D eigenvalue weighted by Crippen LogP contribution is -2.44. The van der Waals surface area contributed by atoms with Crippen LogP contribution >= 0.6 is 0 Å². The summed E-state index contributed by atoms with van der Waals surface area (Å²) in [5, 5.41) is 2.99. The van der Waals surface area contributed by atoms with E-state index in [1.165, 1.54) is 12.1 Å². The number of anilines is 3. The molecule has 2 fully saturated rings. The predicted octanol–water partition coefficient (Wildman–Crippen LogP) is 3.44. The monoisotopic (exact) mass is 363 g/mol. The van der Waals surface area contributed by atoms with Crippen molar-refractivity contribution in [1.29, 1.82) is 0 Å². The zero-order valence-corrected chi connectivity index (χ0v) is 14.6. The molecule has 0 spiro atoms. The van der Waals surface area contributed by atoms with Crippen molar-refractivity contribution in [2.75, 3.05) is 30.4 Å². The Balaban J connectivity index is 1.48.